The van der Waals surface area contributed by atoms with Crippen LogP contribution in [0.25, 0.3) is 0 Å². The minimum Gasteiger partial charge on any atom is -0.465 e. The van der Waals surface area contributed by atoms with Gasteiger partial charge in [-0.05, 0) is 35.1 Å². The Morgan fingerprint density at radius 3 is 2.46 bits per heavy atom. The molecule has 0 radical (unpaired) electrons. The van der Waals surface area contributed by atoms with Crippen LogP contribution in [-0.2, 0) is 20.7 Å². The van der Waals surface area contributed by atoms with Crippen LogP contribution in [0.15, 0.2) is 42.5 Å². The van der Waals surface area contributed by atoms with Crippen molar-refractivity contribution in [3.63, 3.8) is 0 Å². The summed E-state index contributed by atoms with van der Waals surface area (Å²) in [6.07, 6.45) is 0.119. The van der Waals surface area contributed by atoms with E-state index in [4.69, 9.17) is 4.74 Å². The van der Waals surface area contributed by atoms with Crippen LogP contribution >= 0.6 is 0 Å². The van der Waals surface area contributed by atoms with E-state index in [1.165, 1.54) is 0 Å². The van der Waals surface area contributed by atoms with Gasteiger partial charge in [0.25, 0.3) is 0 Å². The van der Waals surface area contributed by atoms with Crippen LogP contribution in [0, 0.1) is 18.8 Å². The molecule has 4 heteroatoms. The molecule has 3 atom stereocenters. The smallest absolute Gasteiger partial charge is 0.312 e. The molecular formula is C22H24O4. The largest absolute Gasteiger partial charge is 0.465 e. The highest BCUT2D eigenvalue weighted by Gasteiger charge is 2.62. The van der Waals surface area contributed by atoms with Gasteiger partial charge in [0.05, 0.1) is 12.5 Å². The highest BCUT2D eigenvalue weighted by atomic mass is 16.5. The molecule has 2 bridgehead atoms. The molecule has 2 aromatic carbocycles. The number of hydrogen-bond acceptors (Lipinski definition) is 4. The third-order valence-corrected chi connectivity index (χ3v) is 5.66. The van der Waals surface area contributed by atoms with Crippen LogP contribution in [0.3, 0.4) is 0 Å². The lowest BCUT2D eigenvalue weighted by molar-refractivity contribution is -0.168. The average Bonchev–Trinajstić information content (AvgIpc) is 2.62. The highest BCUT2D eigenvalue weighted by Crippen LogP contribution is 2.59. The van der Waals surface area contributed by atoms with Crippen LogP contribution in [0.4, 0.5) is 0 Å². The lowest BCUT2D eigenvalue weighted by Crippen LogP contribution is -2.57. The predicted octanol–water partition coefficient (Wildman–Crippen LogP) is 3.00. The van der Waals surface area contributed by atoms with Crippen LogP contribution in [-0.4, -0.2) is 22.8 Å². The van der Waals surface area contributed by atoms with E-state index in [1.807, 2.05) is 57.2 Å². The van der Waals surface area contributed by atoms with Gasteiger partial charge in [0.2, 0.25) is 0 Å². The number of rotatable bonds is 3. The van der Waals surface area contributed by atoms with E-state index in [2.05, 4.69) is 0 Å². The molecule has 3 aliphatic rings. The molecular weight excluding hydrogens is 328 g/mol. The van der Waals surface area contributed by atoms with Gasteiger partial charge in [-0.1, -0.05) is 61.9 Å². The van der Waals surface area contributed by atoms with Gasteiger partial charge in [0, 0.05) is 6.42 Å². The summed E-state index contributed by atoms with van der Waals surface area (Å²) in [5.74, 6) is -1.09. The molecule has 2 aromatic rings. The minimum absolute atomic E-state index is 0.119. The second-order valence-electron chi connectivity index (χ2n) is 8.00. The van der Waals surface area contributed by atoms with E-state index in [0.29, 0.717) is 28.9 Å². The average molecular weight is 352 g/mol. The number of esters is 1. The lowest BCUT2D eigenvalue weighted by Gasteiger charge is -2.53. The van der Waals surface area contributed by atoms with Crippen molar-refractivity contribution in [3.8, 4) is 0 Å². The molecule has 0 saturated carbocycles. The first kappa shape index (κ1) is 17.3. The number of carbonyl (C=O) groups is 1. The van der Waals surface area contributed by atoms with Gasteiger partial charge < -0.3 is 14.9 Å². The third-order valence-electron chi connectivity index (χ3n) is 5.66. The monoisotopic (exact) mass is 352 g/mol. The molecule has 0 aromatic heterocycles. The zero-order valence-corrected chi connectivity index (χ0v) is 15.3. The Kier molecular flexibility index (Phi) is 3.76. The minimum atomic E-state index is -1.49. The lowest BCUT2D eigenvalue weighted by atomic mass is 9.54. The fourth-order valence-electron chi connectivity index (χ4n) is 4.44. The molecule has 26 heavy (non-hydrogen) atoms. The van der Waals surface area contributed by atoms with Crippen LogP contribution < -0.4 is 0 Å². The topological polar surface area (TPSA) is 66.8 Å². The summed E-state index contributed by atoms with van der Waals surface area (Å²) < 4.78 is 5.45. The summed E-state index contributed by atoms with van der Waals surface area (Å²) >= 11 is 0. The molecule has 0 fully saturated rings. The van der Waals surface area contributed by atoms with Crippen molar-refractivity contribution in [1.82, 2.24) is 0 Å². The number of aryl methyl sites for hydroxylation is 1. The van der Waals surface area contributed by atoms with Crippen LogP contribution in [0.1, 0.15) is 48.1 Å². The van der Waals surface area contributed by atoms with Crippen molar-refractivity contribution < 1.29 is 19.7 Å². The molecule has 3 unspecified atom stereocenters. The second kappa shape index (κ2) is 5.66. The molecule has 0 heterocycles. The molecule has 136 valence electrons. The van der Waals surface area contributed by atoms with Crippen LogP contribution in [0.5, 0.6) is 0 Å². The number of ether oxygens (including phenoxy) is 1. The number of fused-ring (bicyclic) bond motifs is 1. The number of carbonyl (C=O) groups excluding carboxylic acids is 1. The van der Waals surface area contributed by atoms with E-state index in [0.717, 1.165) is 5.56 Å². The maximum absolute atomic E-state index is 12.8. The SMILES string of the molecule is Cc1ccc2c(c1)C1(O)CC(C(=O)OCC(C)C)C2(O)c2ccccc21. The molecule has 0 aliphatic heterocycles. The zero-order chi connectivity index (χ0) is 18.7. The van der Waals surface area contributed by atoms with E-state index in [9.17, 15) is 15.0 Å². The highest BCUT2D eigenvalue weighted by molar-refractivity contribution is 5.79. The third kappa shape index (κ3) is 2.19. The Hall–Kier alpha value is -2.17. The van der Waals surface area contributed by atoms with Gasteiger partial charge in [-0.25, -0.2) is 0 Å². The van der Waals surface area contributed by atoms with Crippen LogP contribution in [0.2, 0.25) is 0 Å². The predicted molar refractivity (Wildman–Crippen MR) is 97.5 cm³/mol. The van der Waals surface area contributed by atoms with Gasteiger partial charge in [0.15, 0.2) is 0 Å². The van der Waals surface area contributed by atoms with Crippen molar-refractivity contribution in [2.45, 2.75) is 38.4 Å². The molecule has 0 amide bonds. The van der Waals surface area contributed by atoms with Crippen molar-refractivity contribution in [1.29, 1.82) is 0 Å². The number of hydrogen-bond donors (Lipinski definition) is 2. The van der Waals surface area contributed by atoms with Crippen molar-refractivity contribution in [2.75, 3.05) is 6.61 Å². The van der Waals surface area contributed by atoms with E-state index < -0.39 is 23.1 Å². The second-order valence-corrected chi connectivity index (χ2v) is 8.00. The van der Waals surface area contributed by atoms with Crippen molar-refractivity contribution >= 4 is 5.97 Å². The molecule has 3 aliphatic carbocycles. The fraction of sp³-hybridized carbons (Fsp3) is 0.409. The maximum atomic E-state index is 12.8. The first-order valence-corrected chi connectivity index (χ1v) is 9.11. The quantitative estimate of drug-likeness (QED) is 0.834. The molecule has 0 saturated heterocycles. The Morgan fingerprint density at radius 2 is 1.77 bits per heavy atom. The van der Waals surface area contributed by atoms with E-state index in [-0.39, 0.29) is 12.3 Å². The summed E-state index contributed by atoms with van der Waals surface area (Å²) in [5.41, 5.74) is 0.769. The summed E-state index contributed by atoms with van der Waals surface area (Å²) in [6, 6.07) is 12.9. The van der Waals surface area contributed by atoms with Gasteiger partial charge in [-0.3, -0.25) is 4.79 Å². The van der Waals surface area contributed by atoms with Gasteiger partial charge >= 0.3 is 5.97 Å². The summed E-state index contributed by atoms with van der Waals surface area (Å²) in [6.45, 7) is 6.19. The molecule has 2 N–H and O–H groups in total. The number of benzene rings is 2. The first-order valence-electron chi connectivity index (χ1n) is 9.11. The summed E-state index contributed by atoms with van der Waals surface area (Å²) in [4.78, 5) is 12.8. The summed E-state index contributed by atoms with van der Waals surface area (Å²) in [5, 5.41) is 23.5. The zero-order valence-electron chi connectivity index (χ0n) is 15.3. The van der Waals surface area contributed by atoms with E-state index >= 15 is 0 Å². The summed E-state index contributed by atoms with van der Waals surface area (Å²) in [7, 11) is 0. The van der Waals surface area contributed by atoms with E-state index in [1.54, 1.807) is 6.07 Å². The fourth-order valence-corrected chi connectivity index (χ4v) is 4.44. The Bertz CT molecular complexity index is 887. The Morgan fingerprint density at radius 1 is 1.12 bits per heavy atom. The Balaban J connectivity index is 1.91. The molecule has 5 rings (SSSR count). The van der Waals surface area contributed by atoms with Gasteiger partial charge in [-0.2, -0.15) is 0 Å². The maximum Gasteiger partial charge on any atom is 0.312 e. The van der Waals surface area contributed by atoms with Crippen molar-refractivity contribution in [3.05, 3.63) is 70.3 Å². The molecule has 0 spiro atoms. The standard InChI is InChI=1S/C22H24O4/c1-13(2)12-26-20(23)19-11-21(24)15-6-4-5-7-16(15)22(19,25)17-9-8-14(3)10-18(17)21/h4-10,13,19,24-25H,11-12H2,1-3H3. The Labute approximate surface area is 153 Å². The molecule has 4 nitrogen and oxygen atoms in total. The number of aliphatic hydroxyl groups is 2. The van der Waals surface area contributed by atoms with Crippen molar-refractivity contribution in [2.24, 2.45) is 11.8 Å². The first-order chi connectivity index (χ1) is 12.3. The normalized spacial score (nSPS) is 28.6. The van der Waals surface area contributed by atoms with Gasteiger partial charge in [0.1, 0.15) is 11.2 Å². The van der Waals surface area contributed by atoms with Gasteiger partial charge in [-0.15, -0.1) is 0 Å².